The number of aromatic nitrogens is 1. The molecule has 19 heavy (non-hydrogen) atoms. The molecule has 1 heterocycles. The molecule has 0 saturated heterocycles. The van der Waals surface area contributed by atoms with Crippen LogP contribution in [0.15, 0.2) is 24.3 Å². The third-order valence-corrected chi connectivity index (χ3v) is 4.46. The van der Waals surface area contributed by atoms with Crippen molar-refractivity contribution in [3.63, 3.8) is 0 Å². The molecule has 0 aliphatic heterocycles. The first-order chi connectivity index (χ1) is 9.33. The van der Waals surface area contributed by atoms with E-state index < -0.39 is 0 Å². The maximum Gasteiger partial charge on any atom is 0.0954 e. The van der Waals surface area contributed by atoms with Gasteiger partial charge in [0.15, 0.2) is 0 Å². The summed E-state index contributed by atoms with van der Waals surface area (Å²) in [6, 6.07) is 8.64. The SMILES string of the molecule is CCCCCCC(Cc1nc2ccccc2s1)NN. The number of hydrazine groups is 1. The van der Waals surface area contributed by atoms with Crippen LogP contribution in [0.1, 0.15) is 44.0 Å². The number of nitrogens with one attached hydrogen (secondary N) is 1. The van der Waals surface area contributed by atoms with E-state index in [4.69, 9.17) is 5.84 Å². The number of thiazole rings is 1. The van der Waals surface area contributed by atoms with Gasteiger partial charge in [0.05, 0.1) is 15.2 Å². The molecule has 2 rings (SSSR count). The number of nitrogens with two attached hydrogens (primary N) is 1. The average molecular weight is 277 g/mol. The monoisotopic (exact) mass is 277 g/mol. The lowest BCUT2D eigenvalue weighted by atomic mass is 10.1. The van der Waals surface area contributed by atoms with Crippen LogP contribution in [0.5, 0.6) is 0 Å². The van der Waals surface area contributed by atoms with Gasteiger partial charge >= 0.3 is 0 Å². The lowest BCUT2D eigenvalue weighted by molar-refractivity contribution is 0.462. The van der Waals surface area contributed by atoms with Crippen LogP contribution >= 0.6 is 11.3 Å². The Kier molecular flexibility index (Phi) is 5.76. The van der Waals surface area contributed by atoms with Crippen molar-refractivity contribution in [2.75, 3.05) is 0 Å². The molecule has 0 saturated carbocycles. The molecule has 0 aliphatic rings. The van der Waals surface area contributed by atoms with E-state index in [1.807, 2.05) is 6.07 Å². The predicted octanol–water partition coefficient (Wildman–Crippen LogP) is 3.64. The molecule has 1 atom stereocenters. The van der Waals surface area contributed by atoms with Crippen molar-refractivity contribution in [1.29, 1.82) is 0 Å². The van der Waals surface area contributed by atoms with Crippen LogP contribution in [-0.4, -0.2) is 11.0 Å². The second-order valence-corrected chi connectivity index (χ2v) is 6.11. The molecule has 0 radical (unpaired) electrons. The van der Waals surface area contributed by atoms with Gasteiger partial charge in [-0.3, -0.25) is 11.3 Å². The number of hydrogen-bond donors (Lipinski definition) is 2. The van der Waals surface area contributed by atoms with Crippen molar-refractivity contribution in [2.45, 2.75) is 51.5 Å². The third-order valence-electron chi connectivity index (χ3n) is 3.40. The maximum absolute atomic E-state index is 5.66. The maximum atomic E-state index is 5.66. The van der Waals surface area contributed by atoms with Crippen molar-refractivity contribution in [1.82, 2.24) is 10.4 Å². The van der Waals surface area contributed by atoms with Crippen molar-refractivity contribution < 1.29 is 0 Å². The smallest absolute Gasteiger partial charge is 0.0954 e. The summed E-state index contributed by atoms with van der Waals surface area (Å²) in [5.41, 5.74) is 4.04. The fourth-order valence-corrected chi connectivity index (χ4v) is 3.33. The van der Waals surface area contributed by atoms with E-state index in [2.05, 4.69) is 35.5 Å². The highest BCUT2D eigenvalue weighted by Crippen LogP contribution is 2.23. The lowest BCUT2D eigenvalue weighted by Crippen LogP contribution is -2.36. The summed E-state index contributed by atoms with van der Waals surface area (Å²) >= 11 is 1.78. The van der Waals surface area contributed by atoms with Crippen LogP contribution in [-0.2, 0) is 6.42 Å². The molecule has 0 bridgehead atoms. The van der Waals surface area contributed by atoms with Gasteiger partial charge in [-0.2, -0.15) is 0 Å². The zero-order chi connectivity index (χ0) is 13.5. The molecule has 1 unspecified atom stereocenters. The molecule has 4 heteroatoms. The molecule has 1 aromatic carbocycles. The van der Waals surface area contributed by atoms with Crippen LogP contribution in [0.3, 0.4) is 0 Å². The van der Waals surface area contributed by atoms with Gasteiger partial charge in [0.2, 0.25) is 0 Å². The number of rotatable bonds is 8. The first kappa shape index (κ1) is 14.4. The van der Waals surface area contributed by atoms with Crippen LogP contribution in [0.2, 0.25) is 0 Å². The minimum atomic E-state index is 0.345. The normalized spacial score (nSPS) is 12.9. The van der Waals surface area contributed by atoms with Crippen molar-refractivity contribution in [2.24, 2.45) is 5.84 Å². The van der Waals surface area contributed by atoms with Crippen LogP contribution < -0.4 is 11.3 Å². The Labute approximate surface area is 119 Å². The molecule has 104 valence electrons. The minimum absolute atomic E-state index is 0.345. The quantitative estimate of drug-likeness (QED) is 0.440. The minimum Gasteiger partial charge on any atom is -0.271 e. The molecular formula is C15H23N3S. The van der Waals surface area contributed by atoms with Gasteiger partial charge < -0.3 is 0 Å². The average Bonchev–Trinajstić information content (AvgIpc) is 2.84. The topological polar surface area (TPSA) is 50.9 Å². The summed E-state index contributed by atoms with van der Waals surface area (Å²) in [6.07, 6.45) is 7.20. The number of hydrogen-bond acceptors (Lipinski definition) is 4. The predicted molar refractivity (Wildman–Crippen MR) is 83.2 cm³/mol. The van der Waals surface area contributed by atoms with Gasteiger partial charge in [-0.1, -0.05) is 44.7 Å². The number of nitrogens with zero attached hydrogens (tertiary/aromatic N) is 1. The Hall–Kier alpha value is -0.970. The van der Waals surface area contributed by atoms with E-state index in [0.29, 0.717) is 6.04 Å². The van der Waals surface area contributed by atoms with Crippen LogP contribution in [0.4, 0.5) is 0 Å². The summed E-state index contributed by atoms with van der Waals surface area (Å²) in [7, 11) is 0. The number of benzene rings is 1. The summed E-state index contributed by atoms with van der Waals surface area (Å²) in [5, 5.41) is 1.18. The van der Waals surface area contributed by atoms with E-state index in [0.717, 1.165) is 18.4 Å². The molecule has 1 aromatic heterocycles. The highest BCUT2D eigenvalue weighted by molar-refractivity contribution is 7.18. The molecule has 0 fully saturated rings. The zero-order valence-corrected chi connectivity index (χ0v) is 12.4. The van der Waals surface area contributed by atoms with E-state index >= 15 is 0 Å². The van der Waals surface area contributed by atoms with E-state index in [-0.39, 0.29) is 0 Å². The third kappa shape index (κ3) is 4.27. The largest absolute Gasteiger partial charge is 0.271 e. The number of unbranched alkanes of at least 4 members (excludes halogenated alkanes) is 3. The molecule has 0 amide bonds. The van der Waals surface area contributed by atoms with Gasteiger partial charge in [-0.25, -0.2) is 4.98 Å². The first-order valence-electron chi connectivity index (χ1n) is 7.14. The zero-order valence-electron chi connectivity index (χ0n) is 11.6. The first-order valence-corrected chi connectivity index (χ1v) is 7.95. The van der Waals surface area contributed by atoms with Crippen molar-refractivity contribution in [3.05, 3.63) is 29.3 Å². The van der Waals surface area contributed by atoms with E-state index in [1.54, 1.807) is 11.3 Å². The van der Waals surface area contributed by atoms with Crippen molar-refractivity contribution in [3.8, 4) is 0 Å². The Balaban J connectivity index is 1.90. The highest BCUT2D eigenvalue weighted by Gasteiger charge is 2.11. The van der Waals surface area contributed by atoms with Crippen LogP contribution in [0, 0.1) is 0 Å². The second kappa shape index (κ2) is 7.58. The van der Waals surface area contributed by atoms with Gasteiger partial charge in [0.1, 0.15) is 0 Å². The fourth-order valence-electron chi connectivity index (χ4n) is 2.28. The van der Waals surface area contributed by atoms with Crippen LogP contribution in [0.25, 0.3) is 10.2 Å². The lowest BCUT2D eigenvalue weighted by Gasteiger charge is -2.13. The van der Waals surface area contributed by atoms with Gasteiger partial charge in [-0.05, 0) is 18.6 Å². The molecule has 2 aromatic rings. The summed E-state index contributed by atoms with van der Waals surface area (Å²) in [5.74, 6) is 5.66. The Morgan fingerprint density at radius 3 is 2.84 bits per heavy atom. The molecule has 0 spiro atoms. The summed E-state index contributed by atoms with van der Waals surface area (Å²) in [6.45, 7) is 2.24. The van der Waals surface area contributed by atoms with E-state index in [9.17, 15) is 0 Å². The standard InChI is InChI=1S/C15H23N3S/c1-2-3-4-5-8-12(18-16)11-15-17-13-9-6-7-10-14(13)19-15/h6-7,9-10,12,18H,2-5,8,11,16H2,1H3. The summed E-state index contributed by atoms with van der Waals surface area (Å²) in [4.78, 5) is 4.67. The van der Waals surface area contributed by atoms with Crippen molar-refractivity contribution >= 4 is 21.6 Å². The molecular weight excluding hydrogens is 254 g/mol. The Morgan fingerprint density at radius 2 is 2.11 bits per heavy atom. The Morgan fingerprint density at radius 1 is 1.26 bits per heavy atom. The molecule has 3 nitrogen and oxygen atoms in total. The number of fused-ring (bicyclic) bond motifs is 1. The van der Waals surface area contributed by atoms with E-state index in [1.165, 1.54) is 35.4 Å². The molecule has 3 N–H and O–H groups in total. The molecule has 0 aliphatic carbocycles. The number of para-hydroxylation sites is 1. The van der Waals surface area contributed by atoms with Gasteiger partial charge in [0.25, 0.3) is 0 Å². The Bertz CT molecular complexity index is 462. The highest BCUT2D eigenvalue weighted by atomic mass is 32.1. The van der Waals surface area contributed by atoms with Gasteiger partial charge in [0, 0.05) is 12.5 Å². The fraction of sp³-hybridized carbons (Fsp3) is 0.533. The second-order valence-electron chi connectivity index (χ2n) is 4.99. The summed E-state index contributed by atoms with van der Waals surface area (Å²) < 4.78 is 1.26. The van der Waals surface area contributed by atoms with Gasteiger partial charge in [-0.15, -0.1) is 11.3 Å².